The van der Waals surface area contributed by atoms with Crippen molar-refractivity contribution in [2.45, 2.75) is 50.6 Å². The lowest BCUT2D eigenvalue weighted by Gasteiger charge is -2.47. The Morgan fingerprint density at radius 1 is 1.39 bits per heavy atom. The SMILES string of the molecule is CC(C)(c1nccs1)N1CCNC2(CCCC2)C1. The molecule has 3 nitrogen and oxygen atoms in total. The maximum atomic E-state index is 4.53. The molecule has 1 N–H and O–H groups in total. The van der Waals surface area contributed by atoms with E-state index < -0.39 is 0 Å². The molecule has 2 aliphatic rings. The monoisotopic (exact) mass is 265 g/mol. The highest BCUT2D eigenvalue weighted by Gasteiger charge is 2.42. The molecule has 1 aliphatic heterocycles. The smallest absolute Gasteiger partial charge is 0.112 e. The maximum Gasteiger partial charge on any atom is 0.112 e. The van der Waals surface area contributed by atoms with Gasteiger partial charge in [0.1, 0.15) is 5.01 Å². The Labute approximate surface area is 114 Å². The van der Waals surface area contributed by atoms with Crippen LogP contribution in [0.25, 0.3) is 0 Å². The molecule has 2 fully saturated rings. The van der Waals surface area contributed by atoms with E-state index in [4.69, 9.17) is 0 Å². The van der Waals surface area contributed by atoms with Crippen LogP contribution in [0.1, 0.15) is 44.5 Å². The van der Waals surface area contributed by atoms with Gasteiger partial charge in [-0.3, -0.25) is 4.90 Å². The van der Waals surface area contributed by atoms with Crippen molar-refractivity contribution in [1.29, 1.82) is 0 Å². The lowest BCUT2D eigenvalue weighted by Crippen LogP contribution is -2.62. The van der Waals surface area contributed by atoms with Crippen LogP contribution in [-0.4, -0.2) is 35.1 Å². The topological polar surface area (TPSA) is 28.2 Å². The molecule has 0 unspecified atom stereocenters. The average Bonchev–Trinajstić information content (AvgIpc) is 3.01. The van der Waals surface area contributed by atoms with Crippen LogP contribution in [0.5, 0.6) is 0 Å². The van der Waals surface area contributed by atoms with Gasteiger partial charge in [-0.15, -0.1) is 11.3 Å². The summed E-state index contributed by atoms with van der Waals surface area (Å²) in [6, 6.07) is 0. The van der Waals surface area contributed by atoms with E-state index in [1.165, 1.54) is 37.2 Å². The summed E-state index contributed by atoms with van der Waals surface area (Å²) in [5.41, 5.74) is 0.471. The van der Waals surface area contributed by atoms with Gasteiger partial charge in [-0.05, 0) is 26.7 Å². The minimum Gasteiger partial charge on any atom is -0.309 e. The number of hydrogen-bond acceptors (Lipinski definition) is 4. The van der Waals surface area contributed by atoms with Crippen LogP contribution in [0.2, 0.25) is 0 Å². The van der Waals surface area contributed by atoms with E-state index in [1.54, 1.807) is 11.3 Å². The van der Waals surface area contributed by atoms with Gasteiger partial charge in [0.2, 0.25) is 0 Å². The first-order valence-electron chi connectivity index (χ1n) is 7.03. The molecule has 100 valence electrons. The molecule has 4 heteroatoms. The fourth-order valence-electron chi connectivity index (χ4n) is 3.48. The molecular weight excluding hydrogens is 242 g/mol. The van der Waals surface area contributed by atoms with Crippen LogP contribution < -0.4 is 5.32 Å². The molecule has 1 saturated carbocycles. The minimum atomic E-state index is 0.0753. The number of nitrogens with one attached hydrogen (secondary N) is 1. The molecule has 3 rings (SSSR count). The van der Waals surface area contributed by atoms with Gasteiger partial charge in [0.15, 0.2) is 0 Å². The van der Waals surface area contributed by atoms with E-state index >= 15 is 0 Å². The Kier molecular flexibility index (Phi) is 3.20. The summed E-state index contributed by atoms with van der Waals surface area (Å²) in [6.07, 6.45) is 7.39. The molecular formula is C14H23N3S. The predicted molar refractivity (Wildman–Crippen MR) is 75.9 cm³/mol. The van der Waals surface area contributed by atoms with Crippen molar-refractivity contribution in [3.05, 3.63) is 16.6 Å². The van der Waals surface area contributed by atoms with Crippen molar-refractivity contribution in [2.75, 3.05) is 19.6 Å². The molecule has 1 spiro atoms. The van der Waals surface area contributed by atoms with Gasteiger partial charge in [0, 0.05) is 36.8 Å². The first kappa shape index (κ1) is 12.6. The molecule has 2 heterocycles. The molecule has 18 heavy (non-hydrogen) atoms. The second-order valence-electron chi connectivity index (χ2n) is 6.23. The molecule has 0 aromatic carbocycles. The van der Waals surface area contributed by atoms with E-state index in [0.717, 1.165) is 13.1 Å². The Hall–Kier alpha value is -0.450. The van der Waals surface area contributed by atoms with Gasteiger partial charge in [0.25, 0.3) is 0 Å². The van der Waals surface area contributed by atoms with Gasteiger partial charge in [-0.2, -0.15) is 0 Å². The number of piperazine rings is 1. The molecule has 0 bridgehead atoms. The van der Waals surface area contributed by atoms with Gasteiger partial charge >= 0.3 is 0 Å². The first-order valence-corrected chi connectivity index (χ1v) is 7.90. The number of aromatic nitrogens is 1. The van der Waals surface area contributed by atoms with Gasteiger partial charge < -0.3 is 5.32 Å². The molecule has 1 aromatic heterocycles. The quantitative estimate of drug-likeness (QED) is 0.891. The highest BCUT2D eigenvalue weighted by molar-refractivity contribution is 7.09. The summed E-state index contributed by atoms with van der Waals surface area (Å²) >= 11 is 1.78. The lowest BCUT2D eigenvalue weighted by atomic mass is 9.91. The highest BCUT2D eigenvalue weighted by Crippen LogP contribution is 2.37. The summed E-state index contributed by atoms with van der Waals surface area (Å²) in [4.78, 5) is 7.17. The number of thiazole rings is 1. The second-order valence-corrected chi connectivity index (χ2v) is 7.13. The standard InChI is InChI=1S/C14H23N3S/c1-13(2,12-15-8-10-18-12)17-9-7-16-14(11-17)5-3-4-6-14/h8,10,16H,3-7,9,11H2,1-2H3. The molecule has 1 aromatic rings. The predicted octanol–water partition coefficient (Wildman–Crippen LogP) is 2.60. The zero-order valence-corrected chi connectivity index (χ0v) is 12.2. The normalized spacial score (nSPS) is 24.8. The van der Waals surface area contributed by atoms with Crippen molar-refractivity contribution in [3.63, 3.8) is 0 Å². The summed E-state index contributed by atoms with van der Waals surface area (Å²) in [5.74, 6) is 0. The molecule has 0 amide bonds. The van der Waals surface area contributed by atoms with Crippen molar-refractivity contribution in [2.24, 2.45) is 0 Å². The van der Waals surface area contributed by atoms with Gasteiger partial charge in [0.05, 0.1) is 5.54 Å². The highest BCUT2D eigenvalue weighted by atomic mass is 32.1. The molecule has 0 radical (unpaired) electrons. The minimum absolute atomic E-state index is 0.0753. The zero-order valence-electron chi connectivity index (χ0n) is 11.4. The fraction of sp³-hybridized carbons (Fsp3) is 0.786. The Morgan fingerprint density at radius 3 is 2.83 bits per heavy atom. The molecule has 1 saturated heterocycles. The maximum absolute atomic E-state index is 4.53. The van der Waals surface area contributed by atoms with E-state index in [1.807, 2.05) is 6.20 Å². The van der Waals surface area contributed by atoms with Gasteiger partial charge in [-0.1, -0.05) is 12.8 Å². The van der Waals surface area contributed by atoms with E-state index in [2.05, 4.69) is 34.4 Å². The lowest BCUT2D eigenvalue weighted by molar-refractivity contribution is 0.0452. The third-order valence-electron chi connectivity index (χ3n) is 4.68. The van der Waals surface area contributed by atoms with Crippen molar-refractivity contribution >= 4 is 11.3 Å². The van der Waals surface area contributed by atoms with E-state index in [-0.39, 0.29) is 5.54 Å². The third-order valence-corrected chi connectivity index (χ3v) is 5.77. The Bertz CT molecular complexity index is 393. The summed E-state index contributed by atoms with van der Waals surface area (Å²) < 4.78 is 0. The third kappa shape index (κ3) is 2.10. The van der Waals surface area contributed by atoms with Crippen LogP contribution in [0.3, 0.4) is 0 Å². The van der Waals surface area contributed by atoms with Crippen LogP contribution in [0, 0.1) is 0 Å². The fourth-order valence-corrected chi connectivity index (χ4v) is 4.27. The zero-order chi connectivity index (χ0) is 12.6. The summed E-state index contributed by atoms with van der Waals surface area (Å²) in [7, 11) is 0. The van der Waals surface area contributed by atoms with Crippen LogP contribution in [0.4, 0.5) is 0 Å². The molecule has 0 atom stereocenters. The Balaban J connectivity index is 1.79. The largest absolute Gasteiger partial charge is 0.309 e. The number of nitrogens with zero attached hydrogens (tertiary/aromatic N) is 2. The summed E-state index contributed by atoms with van der Waals surface area (Å²) in [6.45, 7) is 8.07. The first-order chi connectivity index (χ1) is 8.62. The van der Waals surface area contributed by atoms with Crippen molar-refractivity contribution in [1.82, 2.24) is 15.2 Å². The number of hydrogen-bond donors (Lipinski definition) is 1. The second kappa shape index (κ2) is 4.58. The van der Waals surface area contributed by atoms with E-state index in [9.17, 15) is 0 Å². The van der Waals surface area contributed by atoms with E-state index in [0.29, 0.717) is 5.54 Å². The average molecular weight is 265 g/mol. The van der Waals surface area contributed by atoms with Crippen molar-refractivity contribution < 1.29 is 0 Å². The Morgan fingerprint density at radius 2 is 2.17 bits per heavy atom. The molecule has 1 aliphatic carbocycles. The number of rotatable bonds is 2. The van der Waals surface area contributed by atoms with Crippen LogP contribution in [-0.2, 0) is 5.54 Å². The van der Waals surface area contributed by atoms with Crippen LogP contribution in [0.15, 0.2) is 11.6 Å². The summed E-state index contributed by atoms with van der Waals surface area (Å²) in [5, 5.41) is 7.12. The van der Waals surface area contributed by atoms with Crippen LogP contribution >= 0.6 is 11.3 Å². The van der Waals surface area contributed by atoms with Crippen molar-refractivity contribution in [3.8, 4) is 0 Å². The van der Waals surface area contributed by atoms with Gasteiger partial charge in [-0.25, -0.2) is 4.98 Å².